The summed E-state index contributed by atoms with van der Waals surface area (Å²) >= 11 is 1.31. The van der Waals surface area contributed by atoms with Crippen molar-refractivity contribution in [3.8, 4) is 5.75 Å². The quantitative estimate of drug-likeness (QED) is 0.389. The predicted octanol–water partition coefficient (Wildman–Crippen LogP) is 2.03. The Morgan fingerprint density at radius 3 is 2.51 bits per heavy atom. The van der Waals surface area contributed by atoms with E-state index in [0.717, 1.165) is 24.3 Å². The summed E-state index contributed by atoms with van der Waals surface area (Å²) in [7, 11) is 1.64. The number of thiophene rings is 1. The molecule has 35 heavy (non-hydrogen) atoms. The maximum Gasteiger partial charge on any atom is 0.352 e. The summed E-state index contributed by atoms with van der Waals surface area (Å²) in [5, 5.41) is 6.23. The molecule has 10 nitrogen and oxygen atoms in total. The zero-order valence-corrected chi connectivity index (χ0v) is 20.7. The molecule has 0 N–H and O–H groups in total. The van der Waals surface area contributed by atoms with Crippen LogP contribution in [0.2, 0.25) is 0 Å². The Morgan fingerprint density at radius 2 is 1.83 bits per heavy atom. The molecule has 4 aromatic rings. The second kappa shape index (κ2) is 9.57. The lowest BCUT2D eigenvalue weighted by Gasteiger charge is -2.36. The summed E-state index contributed by atoms with van der Waals surface area (Å²) < 4.78 is 9.94. The molecule has 1 fully saturated rings. The van der Waals surface area contributed by atoms with Crippen LogP contribution in [-0.2, 0) is 17.9 Å². The van der Waals surface area contributed by atoms with Gasteiger partial charge in [-0.05, 0) is 42.1 Å². The third-order valence-electron chi connectivity index (χ3n) is 6.48. The van der Waals surface area contributed by atoms with Crippen molar-refractivity contribution in [3.05, 3.63) is 56.5 Å². The molecule has 0 bridgehead atoms. The van der Waals surface area contributed by atoms with Crippen molar-refractivity contribution in [1.82, 2.24) is 23.6 Å². The van der Waals surface area contributed by atoms with Gasteiger partial charge in [0.25, 0.3) is 5.56 Å². The normalized spacial score (nSPS) is 14.2. The zero-order chi connectivity index (χ0) is 24.5. The summed E-state index contributed by atoms with van der Waals surface area (Å²) in [5.74, 6) is 0.936. The van der Waals surface area contributed by atoms with Gasteiger partial charge in [-0.15, -0.1) is 16.4 Å². The number of nitrogens with zero attached hydrogens (tertiary/aromatic N) is 6. The number of amides is 1. The maximum atomic E-state index is 13.2. The number of hydrogen-bond donors (Lipinski definition) is 0. The minimum atomic E-state index is -0.404. The van der Waals surface area contributed by atoms with E-state index in [4.69, 9.17) is 4.74 Å². The summed E-state index contributed by atoms with van der Waals surface area (Å²) in [5.41, 5.74) is 1.08. The van der Waals surface area contributed by atoms with Crippen molar-refractivity contribution in [2.24, 2.45) is 0 Å². The number of methoxy groups -OCH3 is 1. The molecule has 1 aliphatic rings. The largest absolute Gasteiger partial charge is 0.497 e. The first-order chi connectivity index (χ1) is 17.0. The van der Waals surface area contributed by atoms with Gasteiger partial charge in [-0.25, -0.2) is 13.9 Å². The zero-order valence-electron chi connectivity index (χ0n) is 19.8. The van der Waals surface area contributed by atoms with Gasteiger partial charge in [0.15, 0.2) is 0 Å². The average molecular weight is 497 g/mol. The van der Waals surface area contributed by atoms with E-state index in [2.05, 4.69) is 10.00 Å². The maximum absolute atomic E-state index is 13.2. The molecule has 4 heterocycles. The fraction of sp³-hybridized carbons (Fsp3) is 0.417. The number of fused-ring (bicyclic) bond motifs is 3. The van der Waals surface area contributed by atoms with Crippen LogP contribution in [0.1, 0.15) is 19.8 Å². The number of piperazine rings is 1. The van der Waals surface area contributed by atoms with Crippen LogP contribution in [-0.4, -0.2) is 62.8 Å². The SMILES string of the molecule is CCCCn1c(=O)c2sccc2n2c(=O)n(CC(=O)N3CCN(c4ccc(OC)cc4)CC3)nc12. The van der Waals surface area contributed by atoms with Crippen LogP contribution in [0, 0.1) is 0 Å². The summed E-state index contributed by atoms with van der Waals surface area (Å²) in [4.78, 5) is 43.3. The summed E-state index contributed by atoms with van der Waals surface area (Å²) in [6.07, 6.45) is 1.71. The Hall–Kier alpha value is -3.60. The molecule has 1 amide bonds. The highest BCUT2D eigenvalue weighted by Crippen LogP contribution is 2.21. The van der Waals surface area contributed by atoms with E-state index in [1.807, 2.05) is 31.2 Å². The first kappa shape index (κ1) is 23.2. The fourth-order valence-electron chi connectivity index (χ4n) is 4.49. The van der Waals surface area contributed by atoms with Crippen LogP contribution in [0.5, 0.6) is 5.75 Å². The van der Waals surface area contributed by atoms with Crippen LogP contribution >= 0.6 is 11.3 Å². The van der Waals surface area contributed by atoms with Crippen molar-refractivity contribution in [2.75, 3.05) is 38.2 Å². The molecule has 1 aromatic carbocycles. The van der Waals surface area contributed by atoms with Crippen LogP contribution < -0.4 is 20.9 Å². The van der Waals surface area contributed by atoms with E-state index in [0.29, 0.717) is 42.9 Å². The molecule has 3 aromatic heterocycles. The number of carbonyl (C=O) groups excluding carboxylic acids is 1. The van der Waals surface area contributed by atoms with Crippen molar-refractivity contribution in [1.29, 1.82) is 0 Å². The molecule has 11 heteroatoms. The van der Waals surface area contributed by atoms with Crippen LogP contribution in [0.25, 0.3) is 16.0 Å². The van der Waals surface area contributed by atoms with Gasteiger partial charge in [-0.3, -0.25) is 14.2 Å². The van der Waals surface area contributed by atoms with E-state index in [9.17, 15) is 14.4 Å². The number of aryl methyl sites for hydroxylation is 1. The molecular formula is C24H28N6O4S. The fourth-order valence-corrected chi connectivity index (χ4v) is 5.31. The van der Waals surface area contributed by atoms with Crippen molar-refractivity contribution in [2.45, 2.75) is 32.9 Å². The second-order valence-corrected chi connectivity index (χ2v) is 9.50. The Kier molecular flexibility index (Phi) is 6.33. The lowest BCUT2D eigenvalue weighted by atomic mass is 10.2. The highest BCUT2D eigenvalue weighted by molar-refractivity contribution is 7.17. The van der Waals surface area contributed by atoms with Crippen LogP contribution in [0.4, 0.5) is 5.69 Å². The number of aromatic nitrogens is 4. The van der Waals surface area contributed by atoms with Crippen LogP contribution in [0.3, 0.4) is 0 Å². The van der Waals surface area contributed by atoms with Gasteiger partial charge in [0, 0.05) is 38.4 Å². The molecule has 5 rings (SSSR count). The van der Waals surface area contributed by atoms with Crippen molar-refractivity contribution < 1.29 is 9.53 Å². The number of unbranched alkanes of at least 4 members (excludes halogenated alkanes) is 1. The monoisotopic (exact) mass is 496 g/mol. The number of ether oxygens (including phenoxy) is 1. The predicted molar refractivity (Wildman–Crippen MR) is 136 cm³/mol. The molecule has 0 aliphatic carbocycles. The second-order valence-electron chi connectivity index (χ2n) is 8.59. The molecule has 0 saturated carbocycles. The molecule has 0 atom stereocenters. The van der Waals surface area contributed by atoms with Crippen LogP contribution in [0.15, 0.2) is 45.3 Å². The van der Waals surface area contributed by atoms with E-state index in [1.165, 1.54) is 20.4 Å². The van der Waals surface area contributed by atoms with E-state index >= 15 is 0 Å². The number of anilines is 1. The lowest BCUT2D eigenvalue weighted by Crippen LogP contribution is -2.50. The third-order valence-corrected chi connectivity index (χ3v) is 7.37. The van der Waals surface area contributed by atoms with Gasteiger partial charge < -0.3 is 14.5 Å². The lowest BCUT2D eigenvalue weighted by molar-refractivity contribution is -0.132. The molecule has 184 valence electrons. The van der Waals surface area contributed by atoms with E-state index in [1.54, 1.807) is 28.0 Å². The summed E-state index contributed by atoms with van der Waals surface area (Å²) in [6, 6.07) is 9.62. The standard InChI is InChI=1S/C24H28N6O4S/c1-3-4-10-28-22(32)21-19(9-15-35-21)30-23(28)25-29(24(30)33)16-20(31)27-13-11-26(12-14-27)17-5-7-18(34-2)8-6-17/h5-9,15H,3-4,10-14,16H2,1-2H3. The third kappa shape index (κ3) is 4.20. The van der Waals surface area contributed by atoms with Gasteiger partial charge in [0.05, 0.1) is 12.6 Å². The molecule has 0 radical (unpaired) electrons. The number of rotatable bonds is 7. The first-order valence-corrected chi connectivity index (χ1v) is 12.7. The van der Waals surface area contributed by atoms with Crippen molar-refractivity contribution in [3.63, 3.8) is 0 Å². The molecule has 0 unspecified atom stereocenters. The molecule has 0 spiro atoms. The number of hydrogen-bond acceptors (Lipinski definition) is 7. The minimum Gasteiger partial charge on any atom is -0.497 e. The number of carbonyl (C=O) groups is 1. The van der Waals surface area contributed by atoms with E-state index in [-0.39, 0.29) is 23.8 Å². The Bertz CT molecular complexity index is 1470. The first-order valence-electron chi connectivity index (χ1n) is 11.8. The van der Waals surface area contributed by atoms with Gasteiger partial charge in [0.1, 0.15) is 17.0 Å². The van der Waals surface area contributed by atoms with Crippen molar-refractivity contribution >= 4 is 38.9 Å². The molecular weight excluding hydrogens is 468 g/mol. The average Bonchev–Trinajstić information content (AvgIpc) is 3.49. The molecule has 1 saturated heterocycles. The topological polar surface area (TPSA) is 94.1 Å². The Labute approximate surface area is 205 Å². The Balaban J connectivity index is 1.36. The molecule has 1 aliphatic heterocycles. The minimum absolute atomic E-state index is 0.144. The van der Waals surface area contributed by atoms with Gasteiger partial charge in [-0.2, -0.15) is 0 Å². The smallest absolute Gasteiger partial charge is 0.352 e. The van der Waals surface area contributed by atoms with Gasteiger partial charge in [0.2, 0.25) is 11.7 Å². The highest BCUT2D eigenvalue weighted by Gasteiger charge is 2.24. The summed E-state index contributed by atoms with van der Waals surface area (Å²) in [6.45, 7) is 4.88. The van der Waals surface area contributed by atoms with Gasteiger partial charge >= 0.3 is 5.69 Å². The number of benzene rings is 1. The van der Waals surface area contributed by atoms with E-state index < -0.39 is 5.69 Å². The highest BCUT2D eigenvalue weighted by atomic mass is 32.1. The van der Waals surface area contributed by atoms with Gasteiger partial charge in [-0.1, -0.05) is 13.3 Å². The Morgan fingerprint density at radius 1 is 1.09 bits per heavy atom.